The molecule has 0 saturated carbocycles. The van der Waals surface area contributed by atoms with Gasteiger partial charge in [-0.05, 0) is 37.1 Å². The van der Waals surface area contributed by atoms with Crippen LogP contribution in [-0.2, 0) is 16.1 Å². The average molecular weight is 415 g/mol. The standard InChI is InChI=1S/C21H23FN4O2S/c1-14-8-17(22)9-23-21(14)25-6-7-26(15(2)10-25)19(27)12-28-11-16-4-3-5-18-20(16)29-13-24-18/h3-5,8-9,13,15H,6-7,10-12H2,1-2H3/t15-/m0/s1. The van der Waals surface area contributed by atoms with E-state index in [1.54, 1.807) is 11.3 Å². The second kappa shape index (κ2) is 8.42. The fraction of sp³-hybridized carbons (Fsp3) is 0.381. The number of aryl methyl sites for hydroxylation is 1. The lowest BCUT2D eigenvalue weighted by Crippen LogP contribution is -2.55. The number of hydrogen-bond acceptors (Lipinski definition) is 6. The van der Waals surface area contributed by atoms with Crippen molar-refractivity contribution in [3.63, 3.8) is 0 Å². The Morgan fingerprint density at radius 1 is 1.34 bits per heavy atom. The zero-order valence-corrected chi connectivity index (χ0v) is 17.3. The normalized spacial score (nSPS) is 17.1. The summed E-state index contributed by atoms with van der Waals surface area (Å²) in [6.45, 7) is 6.21. The number of hydrogen-bond donors (Lipinski definition) is 0. The van der Waals surface area contributed by atoms with E-state index < -0.39 is 0 Å². The highest BCUT2D eigenvalue weighted by Crippen LogP contribution is 2.23. The van der Waals surface area contributed by atoms with Crippen LogP contribution in [0.3, 0.4) is 0 Å². The van der Waals surface area contributed by atoms with Crippen LogP contribution in [0.15, 0.2) is 36.0 Å². The lowest BCUT2D eigenvalue weighted by Gasteiger charge is -2.40. The molecule has 0 radical (unpaired) electrons. The average Bonchev–Trinajstić information content (AvgIpc) is 3.17. The van der Waals surface area contributed by atoms with Gasteiger partial charge in [0.15, 0.2) is 0 Å². The Hall–Kier alpha value is -2.58. The van der Waals surface area contributed by atoms with E-state index in [4.69, 9.17) is 4.74 Å². The van der Waals surface area contributed by atoms with Gasteiger partial charge in [-0.1, -0.05) is 12.1 Å². The maximum absolute atomic E-state index is 13.3. The first kappa shape index (κ1) is 19.7. The van der Waals surface area contributed by atoms with E-state index in [0.29, 0.717) is 26.2 Å². The first-order chi connectivity index (χ1) is 14.0. The Bertz CT molecular complexity index is 1020. The number of carbonyl (C=O) groups excluding carboxylic acids is 1. The second-order valence-electron chi connectivity index (χ2n) is 7.29. The van der Waals surface area contributed by atoms with Crippen LogP contribution in [0.25, 0.3) is 10.2 Å². The number of nitrogens with zero attached hydrogens (tertiary/aromatic N) is 4. The van der Waals surface area contributed by atoms with E-state index in [-0.39, 0.29) is 24.4 Å². The molecule has 0 N–H and O–H groups in total. The Kier molecular flexibility index (Phi) is 5.73. The highest BCUT2D eigenvalue weighted by molar-refractivity contribution is 7.16. The third kappa shape index (κ3) is 4.23. The molecule has 1 saturated heterocycles. The topological polar surface area (TPSA) is 58.6 Å². The number of thiazole rings is 1. The number of piperazine rings is 1. The van der Waals surface area contributed by atoms with Crippen LogP contribution in [-0.4, -0.2) is 53.1 Å². The second-order valence-corrected chi connectivity index (χ2v) is 8.14. The molecule has 29 heavy (non-hydrogen) atoms. The summed E-state index contributed by atoms with van der Waals surface area (Å²) in [4.78, 5) is 25.2. The summed E-state index contributed by atoms with van der Waals surface area (Å²) in [6, 6.07) is 7.44. The number of pyridine rings is 1. The van der Waals surface area contributed by atoms with Crippen LogP contribution in [0.1, 0.15) is 18.1 Å². The van der Waals surface area contributed by atoms with E-state index in [2.05, 4.69) is 14.9 Å². The van der Waals surface area contributed by atoms with Crippen LogP contribution < -0.4 is 4.90 Å². The van der Waals surface area contributed by atoms with Gasteiger partial charge in [-0.3, -0.25) is 4.79 Å². The lowest BCUT2D eigenvalue weighted by atomic mass is 10.1. The SMILES string of the molecule is Cc1cc(F)cnc1N1CCN(C(=O)COCc2cccc3ncsc23)[C@@H](C)C1. The molecular formula is C21H23FN4O2S. The number of anilines is 1. The molecule has 3 aromatic rings. The van der Waals surface area contributed by atoms with Gasteiger partial charge in [0.25, 0.3) is 0 Å². The van der Waals surface area contributed by atoms with Gasteiger partial charge in [0.1, 0.15) is 18.2 Å². The summed E-state index contributed by atoms with van der Waals surface area (Å²) in [6.07, 6.45) is 1.24. The Morgan fingerprint density at radius 3 is 3.00 bits per heavy atom. The molecule has 0 spiro atoms. The molecule has 1 aliphatic heterocycles. The molecule has 8 heteroatoms. The molecule has 0 aliphatic carbocycles. The molecule has 0 bridgehead atoms. The molecule has 1 aliphatic rings. The summed E-state index contributed by atoms with van der Waals surface area (Å²) < 4.78 is 20.1. The predicted molar refractivity (Wildman–Crippen MR) is 112 cm³/mol. The van der Waals surface area contributed by atoms with Crippen molar-refractivity contribution in [3.05, 3.63) is 52.9 Å². The van der Waals surface area contributed by atoms with Crippen LogP contribution in [0, 0.1) is 12.7 Å². The Labute approximate surface area is 172 Å². The third-order valence-electron chi connectivity index (χ3n) is 5.19. The fourth-order valence-corrected chi connectivity index (χ4v) is 4.57. The van der Waals surface area contributed by atoms with Crippen molar-refractivity contribution < 1.29 is 13.9 Å². The number of fused-ring (bicyclic) bond motifs is 1. The largest absolute Gasteiger partial charge is 0.367 e. The summed E-state index contributed by atoms with van der Waals surface area (Å²) in [7, 11) is 0. The van der Waals surface area contributed by atoms with Crippen LogP contribution in [0.5, 0.6) is 0 Å². The first-order valence-corrected chi connectivity index (χ1v) is 10.5. The molecule has 3 heterocycles. The first-order valence-electron chi connectivity index (χ1n) is 9.58. The molecular weight excluding hydrogens is 391 g/mol. The number of halogens is 1. The van der Waals surface area contributed by atoms with Gasteiger partial charge in [0, 0.05) is 25.7 Å². The Balaban J connectivity index is 1.32. The zero-order valence-electron chi connectivity index (χ0n) is 16.5. The third-order valence-corrected chi connectivity index (χ3v) is 6.10. The molecule has 1 aromatic carbocycles. The van der Waals surface area contributed by atoms with Gasteiger partial charge in [-0.15, -0.1) is 11.3 Å². The van der Waals surface area contributed by atoms with Crippen molar-refractivity contribution in [1.82, 2.24) is 14.9 Å². The highest BCUT2D eigenvalue weighted by Gasteiger charge is 2.28. The molecule has 2 aromatic heterocycles. The molecule has 6 nitrogen and oxygen atoms in total. The number of benzene rings is 1. The molecule has 1 amide bonds. The van der Waals surface area contributed by atoms with Crippen molar-refractivity contribution in [3.8, 4) is 0 Å². The molecule has 4 rings (SSSR count). The summed E-state index contributed by atoms with van der Waals surface area (Å²) in [5, 5.41) is 0. The smallest absolute Gasteiger partial charge is 0.248 e. The monoisotopic (exact) mass is 414 g/mol. The molecule has 152 valence electrons. The lowest BCUT2D eigenvalue weighted by molar-refractivity contribution is -0.139. The fourth-order valence-electron chi connectivity index (χ4n) is 3.77. The van der Waals surface area contributed by atoms with Crippen molar-refractivity contribution in [1.29, 1.82) is 0 Å². The van der Waals surface area contributed by atoms with E-state index in [0.717, 1.165) is 27.2 Å². The maximum atomic E-state index is 13.3. The summed E-state index contributed by atoms with van der Waals surface area (Å²) >= 11 is 1.58. The van der Waals surface area contributed by atoms with Gasteiger partial charge < -0.3 is 14.5 Å². The van der Waals surface area contributed by atoms with Gasteiger partial charge in [-0.2, -0.15) is 0 Å². The number of ether oxygens (including phenoxy) is 1. The van der Waals surface area contributed by atoms with Gasteiger partial charge in [0.2, 0.25) is 5.91 Å². The number of carbonyl (C=O) groups is 1. The van der Waals surface area contributed by atoms with Gasteiger partial charge in [0.05, 0.1) is 28.5 Å². The quantitative estimate of drug-likeness (QED) is 0.641. The van der Waals surface area contributed by atoms with E-state index in [9.17, 15) is 9.18 Å². The van der Waals surface area contributed by atoms with Crippen LogP contribution in [0.2, 0.25) is 0 Å². The van der Waals surface area contributed by atoms with E-state index in [1.807, 2.05) is 42.5 Å². The van der Waals surface area contributed by atoms with Crippen LogP contribution in [0.4, 0.5) is 10.2 Å². The number of amides is 1. The number of rotatable bonds is 5. The number of aromatic nitrogens is 2. The minimum absolute atomic E-state index is 0.0163. The van der Waals surface area contributed by atoms with Gasteiger partial charge >= 0.3 is 0 Å². The maximum Gasteiger partial charge on any atom is 0.248 e. The van der Waals surface area contributed by atoms with Gasteiger partial charge in [-0.25, -0.2) is 14.4 Å². The molecule has 1 fully saturated rings. The van der Waals surface area contributed by atoms with Crippen LogP contribution >= 0.6 is 11.3 Å². The summed E-state index contributed by atoms with van der Waals surface area (Å²) in [5.74, 6) is 0.427. The zero-order chi connectivity index (χ0) is 20.4. The summed E-state index contributed by atoms with van der Waals surface area (Å²) in [5.41, 5.74) is 4.63. The molecule has 1 atom stereocenters. The van der Waals surface area contributed by atoms with Crippen molar-refractivity contribution >= 4 is 33.3 Å². The molecule has 0 unspecified atom stereocenters. The van der Waals surface area contributed by atoms with E-state index in [1.165, 1.54) is 12.3 Å². The minimum Gasteiger partial charge on any atom is -0.367 e. The highest BCUT2D eigenvalue weighted by atomic mass is 32.1. The predicted octanol–water partition coefficient (Wildman–Crippen LogP) is 3.39. The van der Waals surface area contributed by atoms with Crippen molar-refractivity contribution in [2.45, 2.75) is 26.5 Å². The van der Waals surface area contributed by atoms with E-state index >= 15 is 0 Å². The van der Waals surface area contributed by atoms with Crippen molar-refractivity contribution in [2.75, 3.05) is 31.1 Å². The Morgan fingerprint density at radius 2 is 2.21 bits per heavy atom. The van der Waals surface area contributed by atoms with Crippen molar-refractivity contribution in [2.24, 2.45) is 0 Å². The minimum atomic E-state index is -0.334.